The molecule has 0 aliphatic carbocycles. The fourth-order valence-electron chi connectivity index (χ4n) is 3.00. The normalized spacial score (nSPS) is 12.2. The summed E-state index contributed by atoms with van der Waals surface area (Å²) in [6, 6.07) is 17.7. The zero-order chi connectivity index (χ0) is 16.9. The molecular weight excluding hydrogens is 302 g/mol. The highest BCUT2D eigenvalue weighted by Gasteiger charge is 2.22. The Morgan fingerprint density at radius 1 is 1.17 bits per heavy atom. The van der Waals surface area contributed by atoms with E-state index in [-0.39, 0.29) is 12.3 Å². The third kappa shape index (κ3) is 3.40. The zero-order valence-electron chi connectivity index (χ0n) is 13.6. The largest absolute Gasteiger partial charge is 0.481 e. The Hall–Kier alpha value is -2.82. The summed E-state index contributed by atoms with van der Waals surface area (Å²) >= 11 is 0. The predicted octanol–water partition coefficient (Wildman–Crippen LogP) is 3.73. The lowest BCUT2D eigenvalue weighted by Gasteiger charge is -2.17. The Kier molecular flexibility index (Phi) is 4.79. The number of carboxylic acids is 1. The minimum absolute atomic E-state index is 0.0448. The second-order valence-corrected chi connectivity index (χ2v) is 5.74. The molecule has 24 heavy (non-hydrogen) atoms. The maximum absolute atomic E-state index is 11.3. The van der Waals surface area contributed by atoms with Gasteiger partial charge in [-0.15, -0.1) is 0 Å². The lowest BCUT2D eigenvalue weighted by Crippen LogP contribution is -2.20. The molecule has 0 fully saturated rings. The standard InChI is InChI=1S/C19H21N3O2/c1-2-22-17-11-7-6-10-16(17)21-19(22)14(12-18(23)24)13-20-15-8-4-3-5-9-15/h3-11,14,20H,2,12-13H2,1H3,(H,23,24)/t14-/m1/s1. The quantitative estimate of drug-likeness (QED) is 0.695. The van der Waals surface area contributed by atoms with Crippen molar-refractivity contribution >= 4 is 22.7 Å². The molecule has 3 aromatic rings. The van der Waals surface area contributed by atoms with Gasteiger partial charge >= 0.3 is 5.97 Å². The number of aliphatic carboxylic acids is 1. The van der Waals surface area contributed by atoms with Crippen LogP contribution in [0.3, 0.4) is 0 Å². The molecule has 5 heteroatoms. The molecule has 0 aliphatic heterocycles. The van der Waals surface area contributed by atoms with Crippen molar-refractivity contribution < 1.29 is 9.90 Å². The number of aryl methyl sites for hydroxylation is 1. The Morgan fingerprint density at radius 3 is 2.58 bits per heavy atom. The molecule has 0 saturated carbocycles. The summed E-state index contributed by atoms with van der Waals surface area (Å²) in [7, 11) is 0. The number of hydrogen-bond donors (Lipinski definition) is 2. The van der Waals surface area contributed by atoms with Crippen LogP contribution >= 0.6 is 0 Å². The highest BCUT2D eigenvalue weighted by molar-refractivity contribution is 5.76. The number of nitrogens with one attached hydrogen (secondary N) is 1. The highest BCUT2D eigenvalue weighted by Crippen LogP contribution is 2.25. The molecule has 1 heterocycles. The monoisotopic (exact) mass is 323 g/mol. The van der Waals surface area contributed by atoms with Crippen LogP contribution in [-0.4, -0.2) is 27.2 Å². The van der Waals surface area contributed by atoms with Gasteiger partial charge in [-0.2, -0.15) is 0 Å². The number of aromatic nitrogens is 2. The number of carboxylic acid groups (broad SMARTS) is 1. The molecule has 5 nitrogen and oxygen atoms in total. The van der Waals surface area contributed by atoms with Gasteiger partial charge in [-0.05, 0) is 31.2 Å². The molecule has 0 aliphatic rings. The van der Waals surface area contributed by atoms with E-state index in [1.54, 1.807) is 0 Å². The minimum atomic E-state index is -0.815. The molecule has 2 N–H and O–H groups in total. The van der Waals surface area contributed by atoms with Crippen LogP contribution in [0.15, 0.2) is 54.6 Å². The molecule has 0 unspecified atom stereocenters. The number of carbonyl (C=O) groups is 1. The van der Waals surface area contributed by atoms with Crippen molar-refractivity contribution in [3.63, 3.8) is 0 Å². The van der Waals surface area contributed by atoms with E-state index in [9.17, 15) is 9.90 Å². The topological polar surface area (TPSA) is 67.2 Å². The average Bonchev–Trinajstić information content (AvgIpc) is 2.97. The minimum Gasteiger partial charge on any atom is -0.481 e. The van der Waals surface area contributed by atoms with Crippen LogP contribution in [0, 0.1) is 0 Å². The first-order valence-electron chi connectivity index (χ1n) is 8.15. The molecule has 0 radical (unpaired) electrons. The first-order valence-corrected chi connectivity index (χ1v) is 8.15. The summed E-state index contributed by atoms with van der Waals surface area (Å²) in [6.45, 7) is 3.34. The number of imidazole rings is 1. The second kappa shape index (κ2) is 7.17. The summed E-state index contributed by atoms with van der Waals surface area (Å²) in [5.41, 5.74) is 2.93. The number of benzene rings is 2. The van der Waals surface area contributed by atoms with Crippen LogP contribution in [0.25, 0.3) is 11.0 Å². The molecule has 3 rings (SSSR count). The molecule has 124 valence electrons. The van der Waals surface area contributed by atoms with E-state index in [2.05, 4.69) is 16.8 Å². The van der Waals surface area contributed by atoms with Crippen molar-refractivity contribution in [2.24, 2.45) is 0 Å². The highest BCUT2D eigenvalue weighted by atomic mass is 16.4. The van der Waals surface area contributed by atoms with Gasteiger partial charge in [-0.25, -0.2) is 4.98 Å². The molecule has 0 spiro atoms. The van der Waals surface area contributed by atoms with Crippen LogP contribution in [0.4, 0.5) is 5.69 Å². The van der Waals surface area contributed by atoms with E-state index >= 15 is 0 Å². The van der Waals surface area contributed by atoms with Gasteiger partial charge in [0.15, 0.2) is 0 Å². The van der Waals surface area contributed by atoms with Crippen molar-refractivity contribution in [1.29, 1.82) is 0 Å². The van der Waals surface area contributed by atoms with Gasteiger partial charge in [0.05, 0.1) is 17.5 Å². The predicted molar refractivity (Wildman–Crippen MR) is 95.3 cm³/mol. The zero-order valence-corrected chi connectivity index (χ0v) is 13.6. The fraction of sp³-hybridized carbons (Fsp3) is 0.263. The van der Waals surface area contributed by atoms with Crippen molar-refractivity contribution in [3.8, 4) is 0 Å². The molecule has 0 saturated heterocycles. The van der Waals surface area contributed by atoms with Crippen LogP contribution in [0.5, 0.6) is 0 Å². The summed E-state index contributed by atoms with van der Waals surface area (Å²) in [5.74, 6) is -0.191. The summed E-state index contributed by atoms with van der Waals surface area (Å²) < 4.78 is 2.11. The number of rotatable bonds is 7. The fourth-order valence-corrected chi connectivity index (χ4v) is 3.00. The van der Waals surface area contributed by atoms with Gasteiger partial charge in [0.2, 0.25) is 0 Å². The lowest BCUT2D eigenvalue weighted by atomic mass is 10.0. The number of fused-ring (bicyclic) bond motifs is 1. The first-order chi connectivity index (χ1) is 11.7. The van der Waals surface area contributed by atoms with Crippen molar-refractivity contribution in [2.75, 3.05) is 11.9 Å². The van der Waals surface area contributed by atoms with E-state index in [0.29, 0.717) is 6.54 Å². The van der Waals surface area contributed by atoms with Crippen molar-refractivity contribution in [2.45, 2.75) is 25.8 Å². The van der Waals surface area contributed by atoms with Gasteiger partial charge in [-0.3, -0.25) is 4.79 Å². The van der Waals surface area contributed by atoms with Crippen LogP contribution in [0.1, 0.15) is 25.1 Å². The number of para-hydroxylation sites is 3. The van der Waals surface area contributed by atoms with Crippen LogP contribution in [-0.2, 0) is 11.3 Å². The summed E-state index contributed by atoms with van der Waals surface area (Å²) in [4.78, 5) is 16.1. The van der Waals surface area contributed by atoms with Crippen molar-refractivity contribution in [3.05, 3.63) is 60.4 Å². The second-order valence-electron chi connectivity index (χ2n) is 5.74. The third-order valence-corrected chi connectivity index (χ3v) is 4.11. The van der Waals surface area contributed by atoms with Crippen LogP contribution < -0.4 is 5.32 Å². The molecule has 1 aromatic heterocycles. The van der Waals surface area contributed by atoms with Gasteiger partial charge in [0.25, 0.3) is 0 Å². The van der Waals surface area contributed by atoms with Gasteiger partial charge < -0.3 is 15.0 Å². The van der Waals surface area contributed by atoms with Crippen LogP contribution in [0.2, 0.25) is 0 Å². The van der Waals surface area contributed by atoms with E-state index in [0.717, 1.165) is 29.1 Å². The SMILES string of the molecule is CCn1c([C@@H](CNc2ccccc2)CC(=O)O)nc2ccccc21. The van der Waals surface area contributed by atoms with Gasteiger partial charge in [0, 0.05) is 24.7 Å². The lowest BCUT2D eigenvalue weighted by molar-refractivity contribution is -0.137. The molecular formula is C19H21N3O2. The average molecular weight is 323 g/mol. The number of nitrogens with zero attached hydrogens (tertiary/aromatic N) is 2. The Bertz CT molecular complexity index is 827. The Morgan fingerprint density at radius 2 is 1.88 bits per heavy atom. The van der Waals surface area contributed by atoms with Gasteiger partial charge in [-0.1, -0.05) is 30.3 Å². The smallest absolute Gasteiger partial charge is 0.304 e. The van der Waals surface area contributed by atoms with Gasteiger partial charge in [0.1, 0.15) is 5.82 Å². The maximum atomic E-state index is 11.3. The third-order valence-electron chi connectivity index (χ3n) is 4.11. The number of anilines is 1. The Balaban J connectivity index is 1.92. The molecule has 0 amide bonds. The summed E-state index contributed by atoms with van der Waals surface area (Å²) in [6.07, 6.45) is 0.0448. The molecule has 0 bridgehead atoms. The van der Waals surface area contributed by atoms with E-state index in [1.165, 1.54) is 0 Å². The van der Waals surface area contributed by atoms with E-state index in [4.69, 9.17) is 4.98 Å². The summed E-state index contributed by atoms with van der Waals surface area (Å²) in [5, 5.41) is 12.6. The molecule has 2 aromatic carbocycles. The number of hydrogen-bond acceptors (Lipinski definition) is 3. The maximum Gasteiger partial charge on any atom is 0.304 e. The Labute approximate surface area is 141 Å². The molecule has 1 atom stereocenters. The first kappa shape index (κ1) is 16.1. The van der Waals surface area contributed by atoms with E-state index in [1.807, 2.05) is 54.6 Å². The van der Waals surface area contributed by atoms with Crippen molar-refractivity contribution in [1.82, 2.24) is 9.55 Å². The van der Waals surface area contributed by atoms with E-state index < -0.39 is 5.97 Å².